The minimum Gasteiger partial charge on any atom is -0.508 e. The Hall–Kier alpha value is -13.1. The van der Waals surface area contributed by atoms with Crippen molar-refractivity contribution in [2.45, 2.75) is 87.4 Å². The number of thiazole rings is 3. The van der Waals surface area contributed by atoms with E-state index in [0.29, 0.717) is 67.7 Å². The molecule has 29 nitrogen and oxygen atoms in total. The van der Waals surface area contributed by atoms with E-state index in [1.807, 2.05) is 0 Å². The average Bonchev–Trinajstić information content (AvgIpc) is 1.60. The Morgan fingerprint density at radius 3 is 0.804 bits per heavy atom. The Kier molecular flexibility index (Phi) is 26.3. The van der Waals surface area contributed by atoms with Crippen LogP contribution in [0.5, 0.6) is 34.5 Å². The third-order valence-corrected chi connectivity index (χ3v) is 20.7. The molecule has 0 radical (unpaired) electrons. The molecule has 0 aliphatic carbocycles. The molecule has 3 aromatic heterocycles. The van der Waals surface area contributed by atoms with E-state index in [0.717, 1.165) is 72.3 Å². The van der Waals surface area contributed by atoms with E-state index in [2.05, 4.69) is 15.0 Å². The van der Waals surface area contributed by atoms with Crippen LogP contribution < -0.4 is 28.9 Å². The summed E-state index contributed by atoms with van der Waals surface area (Å²) in [4.78, 5) is 143. The topological polar surface area (TPSA) is 416 Å². The maximum Gasteiger partial charge on any atom is 0.350 e. The van der Waals surface area contributed by atoms with E-state index >= 15 is 0 Å². The number of phenolic OH excluding ortho intramolecular Hbond substituents is 3. The molecule has 582 valence electrons. The second kappa shape index (κ2) is 35.5. The number of methoxy groups -OCH3 is 3. The summed E-state index contributed by atoms with van der Waals surface area (Å²) >= 11 is 2.78. The lowest BCUT2D eigenvalue weighted by Gasteiger charge is -2.23. The summed E-state index contributed by atoms with van der Waals surface area (Å²) in [6, 6.07) is 29.4. The zero-order chi connectivity index (χ0) is 82.0. The fourth-order valence-corrected chi connectivity index (χ4v) is 15.1. The van der Waals surface area contributed by atoms with Gasteiger partial charge in [-0.1, -0.05) is 70.4 Å². The quantitative estimate of drug-likeness (QED) is 0.0138. The number of phenols is 3. The van der Waals surface area contributed by atoms with Crippen LogP contribution >= 0.6 is 34.0 Å². The highest BCUT2D eigenvalue weighted by atomic mass is 32.1. The second-order valence-electron chi connectivity index (χ2n) is 24.7. The van der Waals surface area contributed by atoms with Crippen LogP contribution in [0.1, 0.15) is 142 Å². The van der Waals surface area contributed by atoms with Crippen LogP contribution in [0.2, 0.25) is 0 Å². The Bertz CT molecular complexity index is 4800. The minimum atomic E-state index is -1.05. The highest BCUT2D eigenvalue weighted by molar-refractivity contribution is 7.18. The summed E-state index contributed by atoms with van der Waals surface area (Å²) in [6.45, 7) is 16.8. The number of anilines is 3. The number of hydrogen-bond donors (Lipinski definition) is 7. The smallest absolute Gasteiger partial charge is 0.350 e. The number of aryl methyl sites for hydroxylation is 6. The number of carbonyl (C=O) groups excluding carboxylic acids is 9. The summed E-state index contributed by atoms with van der Waals surface area (Å²) in [7, 11) is 4.58. The van der Waals surface area contributed by atoms with Gasteiger partial charge in [0, 0.05) is 23.6 Å². The van der Waals surface area contributed by atoms with Crippen molar-refractivity contribution in [3.05, 3.63) is 226 Å². The van der Waals surface area contributed by atoms with Gasteiger partial charge in [-0.15, -0.1) is 0 Å². The minimum absolute atomic E-state index is 0.00355. The van der Waals surface area contributed by atoms with Crippen LogP contribution in [0.25, 0.3) is 17.3 Å². The maximum atomic E-state index is 13.3. The largest absolute Gasteiger partial charge is 0.508 e. The van der Waals surface area contributed by atoms with Crippen molar-refractivity contribution < 1.29 is 112 Å². The number of carboxylic acids is 1. The summed E-state index contributed by atoms with van der Waals surface area (Å²) in [5.74, 6) is -7.25. The third-order valence-electron chi connectivity index (χ3n) is 17.3. The predicted molar refractivity (Wildman–Crippen MR) is 414 cm³/mol. The summed E-state index contributed by atoms with van der Waals surface area (Å²) in [5, 5.41) is 70.9. The molecule has 112 heavy (non-hydrogen) atoms. The third kappa shape index (κ3) is 17.3. The number of aromatic hydroxyl groups is 3. The second-order valence-corrected chi connectivity index (χ2v) is 27.7. The van der Waals surface area contributed by atoms with Gasteiger partial charge < -0.3 is 64.2 Å². The van der Waals surface area contributed by atoms with Gasteiger partial charge in [-0.2, -0.15) is 0 Å². The highest BCUT2D eigenvalue weighted by Gasteiger charge is 2.52. The molecule has 6 heterocycles. The monoisotopic (exact) mass is 1580 g/mol. The van der Waals surface area contributed by atoms with Crippen molar-refractivity contribution in [1.82, 2.24) is 15.0 Å². The molecule has 3 atom stereocenters. The highest BCUT2D eigenvalue weighted by Crippen LogP contribution is 2.49. The molecule has 3 saturated heterocycles. The number of hydrogen-bond acceptors (Lipinski definition) is 28. The van der Waals surface area contributed by atoms with Gasteiger partial charge in [0.2, 0.25) is 0 Å². The number of aromatic nitrogens is 3. The number of carboxylic acid groups (broad SMARTS) is 1. The van der Waals surface area contributed by atoms with Gasteiger partial charge in [0.05, 0.1) is 93.1 Å². The molecule has 0 saturated carbocycles. The van der Waals surface area contributed by atoms with Crippen molar-refractivity contribution >= 4 is 126 Å². The van der Waals surface area contributed by atoms with Crippen molar-refractivity contribution in [3.63, 3.8) is 0 Å². The van der Waals surface area contributed by atoms with Gasteiger partial charge in [-0.05, 0) is 187 Å². The van der Waals surface area contributed by atoms with Crippen LogP contribution in [-0.4, -0.2) is 151 Å². The van der Waals surface area contributed by atoms with E-state index in [9.17, 15) is 73.8 Å². The van der Waals surface area contributed by atoms with E-state index in [4.69, 9.17) is 38.3 Å². The van der Waals surface area contributed by atoms with Gasteiger partial charge in [-0.3, -0.25) is 48.3 Å². The van der Waals surface area contributed by atoms with E-state index < -0.39 is 77.1 Å². The number of amides is 3. The standard InChI is InChI=1S/3C26H24N2O7S.C2H4O2/c3*1-5-35-25(33)23-14(3)27-26(36-23)28-20(15-6-9-17(29)10-7-15)19(22(31)24(28)32)21(30)16-8-11-18(34-4)13(2)12-16;1-2(3)4/h3*6-12,20,29-30H,5H2,1-4H3;1H3,(H,3,4). The lowest BCUT2D eigenvalue weighted by molar-refractivity contribution is -0.134. The van der Waals surface area contributed by atoms with E-state index in [-0.39, 0.29) is 101 Å². The van der Waals surface area contributed by atoms with Gasteiger partial charge >= 0.3 is 35.6 Å². The number of nitrogens with zero attached hydrogens (tertiary/aromatic N) is 6. The van der Waals surface area contributed by atoms with Gasteiger partial charge in [0.1, 0.15) is 66.4 Å². The number of carbonyl (C=O) groups is 10. The van der Waals surface area contributed by atoms with Crippen LogP contribution in [0.15, 0.2) is 144 Å². The SMILES string of the molecule is CC(=O)O.CCOC(=O)c1sc(N2C(=O)C(=O)C(=C(O)c3ccc(OC)c(C)c3)C2c2ccc(O)cc2)nc1C.CCOC(=O)c1sc(N2C(=O)C(=O)C(=C(O)c3ccc(OC)c(C)c3)C2c2ccc(O)cc2)nc1C.CCOC(=O)c1sc(N2C(=O)C(=O)C(=C(O)c3ccc(OC)c(C)c3)C2c2ccc(O)cc2)nc1C. The first-order chi connectivity index (χ1) is 53.2. The zero-order valence-corrected chi connectivity index (χ0v) is 65.0. The number of Topliss-reactive ketones (excluding diaryl/α,β-unsaturated/α-hetero) is 3. The molecular weight excluding hydrogens is 1510 g/mol. The molecule has 3 fully saturated rings. The number of benzene rings is 6. The fourth-order valence-electron chi connectivity index (χ4n) is 12.2. The Morgan fingerprint density at radius 2 is 0.607 bits per heavy atom. The number of aliphatic carboxylic acids is 1. The molecule has 3 aliphatic heterocycles. The lowest BCUT2D eigenvalue weighted by Crippen LogP contribution is -2.29. The number of ketones is 3. The van der Waals surface area contributed by atoms with Crippen LogP contribution in [0.4, 0.5) is 15.4 Å². The molecule has 0 bridgehead atoms. The van der Waals surface area contributed by atoms with Gasteiger partial charge in [0.15, 0.2) is 15.4 Å². The molecule has 9 aromatic rings. The summed E-state index contributed by atoms with van der Waals surface area (Å²) in [5.41, 5.74) is 5.21. The van der Waals surface area contributed by atoms with Gasteiger partial charge in [0.25, 0.3) is 23.3 Å². The Labute approximate surface area is 652 Å². The van der Waals surface area contributed by atoms with Crippen LogP contribution in [0.3, 0.4) is 0 Å². The molecule has 3 unspecified atom stereocenters. The Morgan fingerprint density at radius 1 is 0.384 bits per heavy atom. The molecule has 6 aromatic carbocycles. The van der Waals surface area contributed by atoms with Crippen molar-refractivity contribution in [2.24, 2.45) is 0 Å². The predicted octanol–water partition coefficient (Wildman–Crippen LogP) is 12.9. The summed E-state index contributed by atoms with van der Waals surface area (Å²) < 4.78 is 31.1. The molecule has 32 heteroatoms. The molecule has 7 N–H and O–H groups in total. The van der Waals surface area contributed by atoms with Crippen molar-refractivity contribution in [3.8, 4) is 34.5 Å². The average molecular weight is 1590 g/mol. The first-order valence-electron chi connectivity index (χ1n) is 34.1. The molecule has 3 amide bonds. The normalized spacial score (nSPS) is 16.5. The van der Waals surface area contributed by atoms with E-state index in [1.165, 1.54) is 57.7 Å². The maximum absolute atomic E-state index is 13.3. The summed E-state index contributed by atoms with van der Waals surface area (Å²) in [6.07, 6.45) is 0. The molecule has 3 aliphatic rings. The molecule has 12 rings (SSSR count). The van der Waals surface area contributed by atoms with Crippen molar-refractivity contribution in [2.75, 3.05) is 55.8 Å². The number of ether oxygens (including phenoxy) is 6. The van der Waals surface area contributed by atoms with Crippen LogP contribution in [-0.2, 0) is 47.8 Å². The van der Waals surface area contributed by atoms with Crippen molar-refractivity contribution in [1.29, 1.82) is 0 Å². The van der Waals surface area contributed by atoms with Gasteiger partial charge in [-0.25, -0.2) is 29.3 Å². The molecule has 0 spiro atoms. The number of aliphatic hydroxyl groups is 3. The first-order valence-corrected chi connectivity index (χ1v) is 36.6. The number of esters is 3. The zero-order valence-electron chi connectivity index (χ0n) is 62.5. The fraction of sp³-hybridized carbons (Fsp3) is 0.237. The Balaban J connectivity index is 0.000000188. The molecular formula is C80H76N6O23S3. The number of aliphatic hydroxyl groups excluding tert-OH is 3. The first kappa shape index (κ1) is 83.0. The number of rotatable bonds is 18. The lowest BCUT2D eigenvalue weighted by atomic mass is 9.95. The van der Waals surface area contributed by atoms with E-state index in [1.54, 1.807) is 153 Å². The van der Waals surface area contributed by atoms with Crippen LogP contribution in [0, 0.1) is 41.5 Å².